The number of hydrogen-bond donors (Lipinski definition) is 0. The molecule has 0 aliphatic carbocycles. The van der Waals surface area contributed by atoms with Crippen molar-refractivity contribution in [1.82, 2.24) is 9.34 Å². The molecule has 0 radical (unpaired) electrons. The van der Waals surface area contributed by atoms with Gasteiger partial charge >= 0.3 is 0 Å². The summed E-state index contributed by atoms with van der Waals surface area (Å²) in [7, 11) is 2.07. The zero-order valence-corrected chi connectivity index (χ0v) is 22.3. The Labute approximate surface area is 158 Å². The topological polar surface area (TPSA) is 6.48 Å². The van der Waals surface area contributed by atoms with Gasteiger partial charge in [0.25, 0.3) is 0 Å². The number of rotatable bonds is 11. The molecule has 0 amide bonds. The van der Waals surface area contributed by atoms with Gasteiger partial charge in [0.05, 0.1) is 39.0 Å². The minimum Gasteiger partial charge on any atom is -0.248 e. The van der Waals surface area contributed by atoms with Gasteiger partial charge in [0.2, 0.25) is 0 Å². The first-order valence-corrected chi connectivity index (χ1v) is 18.8. The van der Waals surface area contributed by atoms with Crippen LogP contribution in [-0.4, -0.2) is 72.5 Å². The summed E-state index contributed by atoms with van der Waals surface area (Å²) in [6.45, 7) is 27.6. The van der Waals surface area contributed by atoms with E-state index >= 15 is 0 Å². The van der Waals surface area contributed by atoms with Crippen LogP contribution in [0, 0.1) is 0 Å². The second-order valence-corrected chi connectivity index (χ2v) is 26.7. The zero-order chi connectivity index (χ0) is 19.3. The molecule has 2 atom stereocenters. The third-order valence-corrected chi connectivity index (χ3v) is 16.8. The predicted molar refractivity (Wildman–Crippen MR) is 128 cm³/mol. The van der Waals surface area contributed by atoms with Crippen LogP contribution in [0.15, 0.2) is 0 Å². The summed E-state index contributed by atoms with van der Waals surface area (Å²) in [6.07, 6.45) is 2.94. The lowest BCUT2D eigenvalue weighted by atomic mass is 10.3. The van der Waals surface area contributed by atoms with Crippen LogP contribution < -0.4 is 0 Å². The van der Waals surface area contributed by atoms with Gasteiger partial charge in [-0.1, -0.05) is 0 Å². The molecule has 0 aliphatic rings. The van der Waals surface area contributed by atoms with Gasteiger partial charge in [-0.3, -0.25) is 0 Å². The fraction of sp³-hybridized carbons (Fsp3) is 1.00. The third kappa shape index (κ3) is 10.1. The SMILES string of the molecule is CC(C)N(P[P+](C)(C)CC[P+](C)(C)PN(C(C)C)C(C)C)C(C)C. The lowest BCUT2D eigenvalue weighted by Gasteiger charge is -2.35. The molecule has 0 spiro atoms. The number of hydrogen-bond acceptors (Lipinski definition) is 2. The van der Waals surface area contributed by atoms with E-state index in [2.05, 4.69) is 91.4 Å². The Morgan fingerprint density at radius 2 is 0.750 bits per heavy atom. The van der Waals surface area contributed by atoms with Crippen molar-refractivity contribution in [2.24, 2.45) is 0 Å². The largest absolute Gasteiger partial charge is 0.248 e. The molecular formula is C18H46N2P4+2. The third-order valence-electron chi connectivity index (χ3n) is 4.22. The molecule has 0 N–H and O–H groups in total. The van der Waals surface area contributed by atoms with E-state index in [0.717, 1.165) is 16.8 Å². The van der Waals surface area contributed by atoms with Gasteiger partial charge in [0, 0.05) is 38.1 Å². The Morgan fingerprint density at radius 1 is 0.542 bits per heavy atom. The van der Waals surface area contributed by atoms with Crippen molar-refractivity contribution in [1.29, 1.82) is 0 Å². The summed E-state index contributed by atoms with van der Waals surface area (Å²) in [5.74, 6) is 0. The molecule has 2 unspecified atom stereocenters. The summed E-state index contributed by atoms with van der Waals surface area (Å²) in [5.41, 5.74) is 0. The molecule has 0 aromatic carbocycles. The molecular weight excluding hydrogens is 368 g/mol. The van der Waals surface area contributed by atoms with Crippen LogP contribution in [-0.2, 0) is 0 Å². The van der Waals surface area contributed by atoms with Crippen molar-refractivity contribution in [3.05, 3.63) is 0 Å². The molecule has 0 saturated heterocycles. The number of nitrogens with zero attached hydrogens (tertiary/aromatic N) is 2. The first-order chi connectivity index (χ1) is 10.7. The molecule has 0 aliphatic heterocycles. The van der Waals surface area contributed by atoms with Crippen LogP contribution in [0.2, 0.25) is 0 Å². The molecule has 0 fully saturated rings. The van der Waals surface area contributed by atoms with Gasteiger partial charge in [0.1, 0.15) is 16.8 Å². The van der Waals surface area contributed by atoms with Crippen molar-refractivity contribution in [2.75, 3.05) is 39.0 Å². The van der Waals surface area contributed by atoms with E-state index in [1.54, 1.807) is 0 Å². The van der Waals surface area contributed by atoms with Crippen LogP contribution >= 0.6 is 30.7 Å². The molecule has 6 heteroatoms. The highest BCUT2D eigenvalue weighted by molar-refractivity contribution is 8.32. The van der Waals surface area contributed by atoms with E-state index in [0.29, 0.717) is 24.2 Å². The van der Waals surface area contributed by atoms with E-state index in [1.165, 1.54) is 12.3 Å². The summed E-state index contributed by atoms with van der Waals surface area (Å²) >= 11 is 0. The van der Waals surface area contributed by atoms with E-state index in [9.17, 15) is 0 Å². The van der Waals surface area contributed by atoms with Crippen molar-refractivity contribution in [3.63, 3.8) is 0 Å². The maximum absolute atomic E-state index is 2.73. The van der Waals surface area contributed by atoms with Gasteiger partial charge in [-0.05, 0) is 55.4 Å². The summed E-state index contributed by atoms with van der Waals surface area (Å²) in [4.78, 5) is 0. The molecule has 146 valence electrons. The highest BCUT2D eigenvalue weighted by atomic mass is 32.1. The van der Waals surface area contributed by atoms with E-state index in [4.69, 9.17) is 0 Å². The van der Waals surface area contributed by atoms with Gasteiger partial charge < -0.3 is 0 Å². The summed E-state index contributed by atoms with van der Waals surface area (Å²) < 4.78 is 5.46. The van der Waals surface area contributed by atoms with Crippen molar-refractivity contribution < 1.29 is 0 Å². The average molecular weight is 414 g/mol. The fourth-order valence-corrected chi connectivity index (χ4v) is 18.2. The van der Waals surface area contributed by atoms with Crippen LogP contribution in [0.3, 0.4) is 0 Å². The first kappa shape index (κ1) is 25.6. The van der Waals surface area contributed by atoms with Crippen molar-refractivity contribution in [3.8, 4) is 0 Å². The second kappa shape index (κ2) is 10.8. The smallest absolute Gasteiger partial charge is 0.116 e. The van der Waals surface area contributed by atoms with Crippen molar-refractivity contribution >= 4 is 30.7 Å². The van der Waals surface area contributed by atoms with Gasteiger partial charge in [-0.2, -0.15) is 0 Å². The maximum atomic E-state index is 2.73. The fourth-order valence-electron chi connectivity index (χ4n) is 2.88. The molecule has 24 heavy (non-hydrogen) atoms. The first-order valence-electron chi connectivity index (χ1n) is 9.47. The summed E-state index contributed by atoms with van der Waals surface area (Å²) in [5, 5.41) is 0. The zero-order valence-electron chi connectivity index (χ0n) is 18.5. The standard InChI is InChI=1S/C18H46N2P4/c1-15(2)19(16(3)4)21-23(9,10)13-14-24(11,12)22-20(17(5)6)18(7)8/h15-18,21-22H,13-14H2,1-12H3/q+2. The lowest BCUT2D eigenvalue weighted by molar-refractivity contribution is 0.332. The molecule has 0 aromatic heterocycles. The van der Waals surface area contributed by atoms with E-state index in [-0.39, 0.29) is 0 Å². The molecule has 0 heterocycles. The monoisotopic (exact) mass is 414 g/mol. The van der Waals surface area contributed by atoms with E-state index in [1.807, 2.05) is 0 Å². The van der Waals surface area contributed by atoms with Crippen molar-refractivity contribution in [2.45, 2.75) is 79.6 Å². The molecule has 0 rings (SSSR count). The maximum Gasteiger partial charge on any atom is 0.116 e. The Morgan fingerprint density at radius 3 is 0.917 bits per heavy atom. The predicted octanol–water partition coefficient (Wildman–Crippen LogP) is 6.80. The molecule has 0 aromatic rings. The summed E-state index contributed by atoms with van der Waals surface area (Å²) in [6, 6.07) is 2.68. The van der Waals surface area contributed by atoms with Gasteiger partial charge in [-0.15, -0.1) is 0 Å². The van der Waals surface area contributed by atoms with Crippen LogP contribution in [0.1, 0.15) is 55.4 Å². The van der Waals surface area contributed by atoms with Crippen LogP contribution in [0.25, 0.3) is 0 Å². The normalized spacial score (nSPS) is 15.2. The van der Waals surface area contributed by atoms with Crippen LogP contribution in [0.5, 0.6) is 0 Å². The highest BCUT2D eigenvalue weighted by Gasteiger charge is 2.38. The quantitative estimate of drug-likeness (QED) is 0.343. The molecule has 0 bridgehead atoms. The Balaban J connectivity index is 4.77. The Kier molecular flexibility index (Phi) is 11.6. The molecule has 0 saturated carbocycles. The average Bonchev–Trinajstić information content (AvgIpc) is 2.39. The Hall–Kier alpha value is 1.64. The lowest BCUT2D eigenvalue weighted by Crippen LogP contribution is -2.30. The minimum absolute atomic E-state index is 0.671. The minimum atomic E-state index is -0.826. The molecule has 2 nitrogen and oxygen atoms in total. The highest BCUT2D eigenvalue weighted by Crippen LogP contribution is 2.76. The Bertz CT molecular complexity index is 305. The second-order valence-electron chi connectivity index (χ2n) is 9.21. The van der Waals surface area contributed by atoms with Crippen LogP contribution in [0.4, 0.5) is 0 Å². The van der Waals surface area contributed by atoms with Gasteiger partial charge in [-0.25, -0.2) is 9.34 Å². The van der Waals surface area contributed by atoms with E-state index < -0.39 is 13.9 Å². The van der Waals surface area contributed by atoms with Gasteiger partial charge in [0.15, 0.2) is 0 Å².